The van der Waals surface area contributed by atoms with Gasteiger partial charge in [-0.25, -0.2) is 9.97 Å². The fraction of sp³-hybridized carbons (Fsp3) is 0.500. The van der Waals surface area contributed by atoms with Crippen molar-refractivity contribution in [2.75, 3.05) is 25.6 Å². The largest absolute Gasteiger partial charge is 0.371 e. The third kappa shape index (κ3) is 3.53. The molecular weight excluding hydrogens is 308 g/mol. The number of carbonyl (C=O) groups is 1. The third-order valence-electron chi connectivity index (χ3n) is 4.02. The number of aromatic nitrogens is 4. The summed E-state index contributed by atoms with van der Waals surface area (Å²) in [6.07, 6.45) is 8.35. The van der Waals surface area contributed by atoms with Crippen LogP contribution in [0.4, 0.5) is 5.82 Å². The van der Waals surface area contributed by atoms with Gasteiger partial charge in [-0.1, -0.05) is 0 Å². The lowest BCUT2D eigenvalue weighted by Gasteiger charge is -2.31. The van der Waals surface area contributed by atoms with Crippen LogP contribution in [0.5, 0.6) is 0 Å². The molecule has 2 aromatic rings. The summed E-state index contributed by atoms with van der Waals surface area (Å²) in [7, 11) is 5.62. The van der Waals surface area contributed by atoms with Crippen molar-refractivity contribution in [3.05, 3.63) is 36.0 Å². The van der Waals surface area contributed by atoms with Crippen LogP contribution in [0.1, 0.15) is 35.0 Å². The molecule has 1 amide bonds. The van der Waals surface area contributed by atoms with Gasteiger partial charge in [-0.2, -0.15) is 5.10 Å². The van der Waals surface area contributed by atoms with Crippen molar-refractivity contribution in [3.63, 3.8) is 0 Å². The molecule has 0 unspecified atom stereocenters. The van der Waals surface area contributed by atoms with Crippen LogP contribution in [0.15, 0.2) is 24.8 Å². The highest BCUT2D eigenvalue weighted by Crippen LogP contribution is 2.28. The van der Waals surface area contributed by atoms with E-state index in [1.165, 1.54) is 6.20 Å². The molecule has 2 atom stereocenters. The predicted octanol–water partition coefficient (Wildman–Crippen LogP) is 0.926. The fourth-order valence-electron chi connectivity index (χ4n) is 2.76. The Morgan fingerprint density at radius 1 is 1.33 bits per heavy atom. The van der Waals surface area contributed by atoms with Gasteiger partial charge < -0.3 is 15.0 Å². The quantitative estimate of drug-likeness (QED) is 0.897. The van der Waals surface area contributed by atoms with Gasteiger partial charge in [0.25, 0.3) is 5.91 Å². The third-order valence-corrected chi connectivity index (χ3v) is 4.02. The first-order valence-electron chi connectivity index (χ1n) is 7.95. The minimum Gasteiger partial charge on any atom is -0.371 e. The Hall–Kier alpha value is -2.48. The number of ether oxygens (including phenoxy) is 1. The first-order chi connectivity index (χ1) is 11.5. The lowest BCUT2D eigenvalue weighted by molar-refractivity contribution is -0.00955. The number of nitrogens with one attached hydrogen (secondary N) is 1. The van der Waals surface area contributed by atoms with E-state index < -0.39 is 0 Å². The van der Waals surface area contributed by atoms with E-state index in [-0.39, 0.29) is 18.1 Å². The van der Waals surface area contributed by atoms with Crippen LogP contribution in [0.2, 0.25) is 0 Å². The molecule has 1 fully saturated rings. The molecule has 0 saturated carbocycles. The van der Waals surface area contributed by atoms with Gasteiger partial charge in [0, 0.05) is 39.5 Å². The van der Waals surface area contributed by atoms with Gasteiger partial charge in [0.15, 0.2) is 0 Å². The molecule has 128 valence electrons. The van der Waals surface area contributed by atoms with Gasteiger partial charge in [0.2, 0.25) is 0 Å². The molecule has 0 aromatic carbocycles. The van der Waals surface area contributed by atoms with E-state index in [1.54, 1.807) is 17.1 Å². The van der Waals surface area contributed by atoms with Gasteiger partial charge in [0.05, 0.1) is 24.6 Å². The number of nitrogens with zero attached hydrogens (tertiary/aromatic N) is 5. The highest BCUT2D eigenvalue weighted by Gasteiger charge is 2.30. The molecule has 2 aromatic heterocycles. The van der Waals surface area contributed by atoms with Crippen molar-refractivity contribution >= 4 is 11.7 Å². The summed E-state index contributed by atoms with van der Waals surface area (Å²) in [6, 6.07) is -0.106. The van der Waals surface area contributed by atoms with Crippen LogP contribution >= 0.6 is 0 Å². The van der Waals surface area contributed by atoms with Gasteiger partial charge in [-0.15, -0.1) is 0 Å². The maximum Gasteiger partial charge on any atom is 0.271 e. The van der Waals surface area contributed by atoms with Crippen LogP contribution in [0, 0.1) is 0 Å². The second-order valence-electron chi connectivity index (χ2n) is 6.12. The number of carbonyl (C=O) groups excluding carboxylic acids is 1. The topological polar surface area (TPSA) is 85.2 Å². The Bertz CT molecular complexity index is 697. The minimum absolute atomic E-state index is 0.106. The van der Waals surface area contributed by atoms with Gasteiger partial charge >= 0.3 is 0 Å². The molecule has 24 heavy (non-hydrogen) atoms. The van der Waals surface area contributed by atoms with Crippen molar-refractivity contribution in [3.8, 4) is 0 Å². The summed E-state index contributed by atoms with van der Waals surface area (Å²) < 4.78 is 7.60. The maximum atomic E-state index is 12.5. The van der Waals surface area contributed by atoms with E-state index >= 15 is 0 Å². The number of hydrogen-bond donors (Lipinski definition) is 1. The summed E-state index contributed by atoms with van der Waals surface area (Å²) in [4.78, 5) is 22.7. The fourth-order valence-corrected chi connectivity index (χ4v) is 2.76. The molecule has 1 saturated heterocycles. The lowest BCUT2D eigenvalue weighted by atomic mass is 9.98. The molecule has 3 rings (SSSR count). The predicted molar refractivity (Wildman–Crippen MR) is 88.7 cm³/mol. The molecule has 3 heterocycles. The molecule has 0 radical (unpaired) electrons. The Kier molecular flexibility index (Phi) is 4.75. The monoisotopic (exact) mass is 330 g/mol. The molecule has 8 nitrogen and oxygen atoms in total. The van der Waals surface area contributed by atoms with Crippen LogP contribution in [0.25, 0.3) is 0 Å². The Morgan fingerprint density at radius 2 is 2.17 bits per heavy atom. The standard InChI is InChI=1S/C16H22N6O2/c1-21(2)14-9-17-13(8-18-14)16(23)20-12-5-4-6-24-15(12)11-7-19-22(3)10-11/h7-10,12,15H,4-6H2,1-3H3,(H,20,23)/t12-,15+/m0/s1. The number of anilines is 1. The van der Waals surface area contributed by atoms with Crippen LogP contribution in [-0.4, -0.2) is 52.4 Å². The highest BCUT2D eigenvalue weighted by atomic mass is 16.5. The Labute approximate surface area is 140 Å². The van der Waals surface area contributed by atoms with Crippen molar-refractivity contribution in [2.45, 2.75) is 25.0 Å². The number of amides is 1. The Balaban J connectivity index is 1.71. The van der Waals surface area contributed by atoms with E-state index in [0.29, 0.717) is 18.1 Å². The first-order valence-corrected chi connectivity index (χ1v) is 7.95. The zero-order chi connectivity index (χ0) is 17.1. The van der Waals surface area contributed by atoms with Crippen molar-refractivity contribution in [1.82, 2.24) is 25.1 Å². The van der Waals surface area contributed by atoms with E-state index in [4.69, 9.17) is 4.74 Å². The number of aryl methyl sites for hydroxylation is 1. The second-order valence-corrected chi connectivity index (χ2v) is 6.12. The van der Waals surface area contributed by atoms with Crippen LogP contribution < -0.4 is 10.2 Å². The summed E-state index contributed by atoms with van der Waals surface area (Å²) in [5.74, 6) is 0.470. The van der Waals surface area contributed by atoms with E-state index in [2.05, 4.69) is 20.4 Å². The van der Waals surface area contributed by atoms with E-state index in [0.717, 1.165) is 18.4 Å². The maximum absolute atomic E-state index is 12.5. The lowest BCUT2D eigenvalue weighted by Crippen LogP contribution is -2.43. The zero-order valence-corrected chi connectivity index (χ0v) is 14.1. The van der Waals surface area contributed by atoms with Gasteiger partial charge in [0.1, 0.15) is 17.6 Å². The van der Waals surface area contributed by atoms with E-state index in [1.807, 2.05) is 32.2 Å². The highest BCUT2D eigenvalue weighted by molar-refractivity contribution is 5.92. The molecule has 0 bridgehead atoms. The van der Waals surface area contributed by atoms with Gasteiger partial charge in [-0.3, -0.25) is 9.48 Å². The molecule has 1 aliphatic heterocycles. The number of hydrogen-bond acceptors (Lipinski definition) is 6. The normalized spacial score (nSPS) is 20.6. The van der Waals surface area contributed by atoms with Crippen molar-refractivity contribution < 1.29 is 9.53 Å². The molecule has 8 heteroatoms. The molecule has 1 aliphatic rings. The summed E-state index contributed by atoms with van der Waals surface area (Å²) in [5, 5.41) is 7.21. The average Bonchev–Trinajstić information content (AvgIpc) is 3.01. The Morgan fingerprint density at radius 3 is 2.79 bits per heavy atom. The van der Waals surface area contributed by atoms with Crippen LogP contribution in [0.3, 0.4) is 0 Å². The minimum atomic E-state index is -0.239. The molecule has 1 N–H and O–H groups in total. The zero-order valence-electron chi connectivity index (χ0n) is 14.1. The molecule has 0 aliphatic carbocycles. The van der Waals surface area contributed by atoms with Crippen LogP contribution in [-0.2, 0) is 11.8 Å². The number of rotatable bonds is 4. The van der Waals surface area contributed by atoms with Gasteiger partial charge in [-0.05, 0) is 12.8 Å². The SMILES string of the molecule is CN(C)c1cnc(C(=O)N[C@H]2CCCO[C@@H]2c2cnn(C)c2)cn1. The average molecular weight is 330 g/mol. The molecule has 0 spiro atoms. The summed E-state index contributed by atoms with van der Waals surface area (Å²) in [5.41, 5.74) is 1.27. The first kappa shape index (κ1) is 16.4. The summed E-state index contributed by atoms with van der Waals surface area (Å²) >= 11 is 0. The van der Waals surface area contributed by atoms with Crippen molar-refractivity contribution in [2.24, 2.45) is 7.05 Å². The smallest absolute Gasteiger partial charge is 0.271 e. The van der Waals surface area contributed by atoms with E-state index in [9.17, 15) is 4.79 Å². The molecular formula is C16H22N6O2. The second kappa shape index (κ2) is 6.96. The summed E-state index contributed by atoms with van der Waals surface area (Å²) in [6.45, 7) is 0.684. The van der Waals surface area contributed by atoms with Crippen molar-refractivity contribution in [1.29, 1.82) is 0 Å².